The highest BCUT2D eigenvalue weighted by atomic mass is 127. The van der Waals surface area contributed by atoms with Crippen LogP contribution in [0, 0.1) is 0 Å². The SMILES string of the molecule is CCc1ccc(C(C)(C)CNC(=NCC(=O)N(C)C)NCc2cccs2)cc1.I. The average molecular weight is 529 g/mol. The van der Waals surface area contributed by atoms with Crippen molar-refractivity contribution in [2.45, 2.75) is 39.2 Å². The number of nitrogens with one attached hydrogen (secondary N) is 2. The third-order valence-corrected chi connectivity index (χ3v) is 5.60. The van der Waals surface area contributed by atoms with Gasteiger partial charge in [0, 0.05) is 30.9 Å². The molecule has 0 atom stereocenters. The number of nitrogens with zero attached hydrogens (tertiary/aromatic N) is 2. The number of aryl methyl sites for hydroxylation is 1. The van der Waals surface area contributed by atoms with Crippen LogP contribution in [-0.4, -0.2) is 44.0 Å². The molecule has 0 aliphatic rings. The summed E-state index contributed by atoms with van der Waals surface area (Å²) in [6.45, 7) is 8.11. The molecule has 0 fully saturated rings. The molecule has 5 nitrogen and oxygen atoms in total. The molecular weight excluding hydrogens is 495 g/mol. The second kappa shape index (κ2) is 12.2. The van der Waals surface area contributed by atoms with Gasteiger partial charge in [-0.05, 0) is 29.0 Å². The third kappa shape index (κ3) is 8.34. The van der Waals surface area contributed by atoms with Crippen LogP contribution < -0.4 is 10.6 Å². The van der Waals surface area contributed by atoms with Crippen molar-refractivity contribution in [1.82, 2.24) is 15.5 Å². The standard InChI is InChI=1S/C22H32N4OS.HI/c1-6-17-9-11-18(12-10-17)22(2,3)16-25-21(24-15-20(27)26(4)5)23-14-19-8-7-13-28-19;/h7-13H,6,14-16H2,1-5H3,(H2,23,24,25);1H. The summed E-state index contributed by atoms with van der Waals surface area (Å²) in [7, 11) is 3.49. The van der Waals surface area contributed by atoms with E-state index >= 15 is 0 Å². The van der Waals surface area contributed by atoms with Gasteiger partial charge in [-0.15, -0.1) is 35.3 Å². The monoisotopic (exact) mass is 528 g/mol. The number of aliphatic imine (C=N–C) groups is 1. The van der Waals surface area contributed by atoms with Crippen molar-refractivity contribution in [1.29, 1.82) is 0 Å². The first kappa shape index (κ1) is 25.4. The van der Waals surface area contributed by atoms with E-state index < -0.39 is 0 Å². The predicted molar refractivity (Wildman–Crippen MR) is 134 cm³/mol. The number of carbonyl (C=O) groups is 1. The van der Waals surface area contributed by atoms with Crippen LogP contribution in [-0.2, 0) is 23.2 Å². The van der Waals surface area contributed by atoms with Crippen LogP contribution >= 0.6 is 35.3 Å². The van der Waals surface area contributed by atoms with Crippen molar-refractivity contribution in [3.8, 4) is 0 Å². The number of amides is 1. The van der Waals surface area contributed by atoms with E-state index in [1.165, 1.54) is 16.0 Å². The van der Waals surface area contributed by atoms with Crippen molar-refractivity contribution in [2.24, 2.45) is 4.99 Å². The fourth-order valence-corrected chi connectivity index (χ4v) is 3.29. The van der Waals surface area contributed by atoms with Crippen LogP contribution in [0.2, 0.25) is 0 Å². The summed E-state index contributed by atoms with van der Waals surface area (Å²) in [6.07, 6.45) is 1.04. The lowest BCUT2D eigenvalue weighted by Crippen LogP contribution is -2.43. The molecule has 160 valence electrons. The molecule has 0 radical (unpaired) electrons. The van der Waals surface area contributed by atoms with E-state index in [1.54, 1.807) is 30.3 Å². The zero-order chi connectivity index (χ0) is 20.6. The van der Waals surface area contributed by atoms with E-state index in [1.807, 2.05) is 6.07 Å². The topological polar surface area (TPSA) is 56.7 Å². The molecule has 0 aliphatic carbocycles. The molecule has 29 heavy (non-hydrogen) atoms. The Bertz CT molecular complexity index is 771. The van der Waals surface area contributed by atoms with Gasteiger partial charge >= 0.3 is 0 Å². The second-order valence-electron chi connectivity index (χ2n) is 7.67. The van der Waals surface area contributed by atoms with Crippen molar-refractivity contribution >= 4 is 47.2 Å². The first-order valence-electron chi connectivity index (χ1n) is 9.66. The highest BCUT2D eigenvalue weighted by molar-refractivity contribution is 14.0. The minimum Gasteiger partial charge on any atom is -0.356 e. The normalized spacial score (nSPS) is 11.6. The zero-order valence-electron chi connectivity index (χ0n) is 18.0. The minimum absolute atomic E-state index is 0. The average Bonchev–Trinajstić information content (AvgIpc) is 3.20. The summed E-state index contributed by atoms with van der Waals surface area (Å²) in [6, 6.07) is 12.9. The Balaban J connectivity index is 0.00000420. The zero-order valence-corrected chi connectivity index (χ0v) is 21.1. The smallest absolute Gasteiger partial charge is 0.243 e. The lowest BCUT2D eigenvalue weighted by molar-refractivity contribution is -0.127. The summed E-state index contributed by atoms with van der Waals surface area (Å²) >= 11 is 1.70. The number of guanidine groups is 1. The number of halogens is 1. The van der Waals surface area contributed by atoms with Crippen LogP contribution in [0.15, 0.2) is 46.8 Å². The molecule has 0 bridgehead atoms. The van der Waals surface area contributed by atoms with Gasteiger partial charge in [0.25, 0.3) is 0 Å². The lowest BCUT2D eigenvalue weighted by Gasteiger charge is -2.27. The van der Waals surface area contributed by atoms with Gasteiger partial charge in [-0.25, -0.2) is 4.99 Å². The van der Waals surface area contributed by atoms with Gasteiger partial charge in [0.05, 0.1) is 6.54 Å². The van der Waals surface area contributed by atoms with Gasteiger partial charge in [-0.1, -0.05) is 51.1 Å². The van der Waals surface area contributed by atoms with Crippen LogP contribution in [0.1, 0.15) is 36.8 Å². The summed E-state index contributed by atoms with van der Waals surface area (Å²) in [5, 5.41) is 8.81. The number of likely N-dealkylation sites (N-methyl/N-ethyl adjacent to an activating group) is 1. The summed E-state index contributed by atoms with van der Waals surface area (Å²) in [4.78, 5) is 19.2. The van der Waals surface area contributed by atoms with Gasteiger partial charge in [0.1, 0.15) is 6.54 Å². The maximum absolute atomic E-state index is 11.9. The van der Waals surface area contributed by atoms with Crippen LogP contribution in [0.3, 0.4) is 0 Å². The molecule has 1 heterocycles. The number of hydrogen-bond acceptors (Lipinski definition) is 3. The number of carbonyl (C=O) groups excluding carboxylic acids is 1. The van der Waals surface area contributed by atoms with Crippen molar-refractivity contribution in [3.63, 3.8) is 0 Å². The predicted octanol–water partition coefficient (Wildman–Crippen LogP) is 4.03. The molecule has 0 spiro atoms. The molecule has 0 saturated carbocycles. The fraction of sp³-hybridized carbons (Fsp3) is 0.455. The van der Waals surface area contributed by atoms with Crippen molar-refractivity contribution in [3.05, 3.63) is 57.8 Å². The fourth-order valence-electron chi connectivity index (χ4n) is 2.64. The molecule has 2 N–H and O–H groups in total. The van der Waals surface area contributed by atoms with E-state index in [4.69, 9.17) is 0 Å². The Morgan fingerprint density at radius 3 is 2.38 bits per heavy atom. The minimum atomic E-state index is -0.0663. The van der Waals surface area contributed by atoms with E-state index in [-0.39, 0.29) is 41.8 Å². The Hall–Kier alpha value is -1.61. The maximum Gasteiger partial charge on any atom is 0.243 e. The molecule has 2 rings (SSSR count). The van der Waals surface area contributed by atoms with Crippen molar-refractivity contribution in [2.75, 3.05) is 27.2 Å². The highest BCUT2D eigenvalue weighted by Gasteiger charge is 2.21. The first-order chi connectivity index (χ1) is 13.3. The van der Waals surface area contributed by atoms with Gasteiger partial charge < -0.3 is 15.5 Å². The van der Waals surface area contributed by atoms with Crippen LogP contribution in [0.4, 0.5) is 0 Å². The molecule has 0 unspecified atom stereocenters. The maximum atomic E-state index is 11.9. The molecule has 7 heteroatoms. The summed E-state index contributed by atoms with van der Waals surface area (Å²) in [5.74, 6) is 0.633. The Morgan fingerprint density at radius 1 is 1.14 bits per heavy atom. The van der Waals surface area contributed by atoms with E-state index in [0.717, 1.165) is 6.42 Å². The second-order valence-corrected chi connectivity index (χ2v) is 8.71. The number of benzene rings is 1. The van der Waals surface area contributed by atoms with Crippen LogP contribution in [0.5, 0.6) is 0 Å². The highest BCUT2D eigenvalue weighted by Crippen LogP contribution is 2.22. The molecule has 1 aromatic carbocycles. The summed E-state index contributed by atoms with van der Waals surface area (Å²) < 4.78 is 0. The Labute approximate surface area is 196 Å². The Morgan fingerprint density at radius 2 is 1.83 bits per heavy atom. The van der Waals surface area contributed by atoms with Gasteiger partial charge in [0.15, 0.2) is 5.96 Å². The molecular formula is C22H33IN4OS. The van der Waals surface area contributed by atoms with Gasteiger partial charge in [-0.2, -0.15) is 0 Å². The molecule has 0 aliphatic heterocycles. The summed E-state index contributed by atoms with van der Waals surface area (Å²) in [5.41, 5.74) is 2.55. The van der Waals surface area contributed by atoms with E-state index in [0.29, 0.717) is 19.0 Å². The van der Waals surface area contributed by atoms with Gasteiger partial charge in [0.2, 0.25) is 5.91 Å². The molecule has 2 aromatic rings. The van der Waals surface area contributed by atoms with Gasteiger partial charge in [-0.3, -0.25) is 4.79 Å². The Kier molecular flexibility index (Phi) is 10.7. The lowest BCUT2D eigenvalue weighted by atomic mass is 9.84. The third-order valence-electron chi connectivity index (χ3n) is 4.72. The first-order valence-corrected chi connectivity index (χ1v) is 10.5. The number of hydrogen-bond donors (Lipinski definition) is 2. The quantitative estimate of drug-likeness (QED) is 0.309. The number of rotatable bonds is 8. The van der Waals surface area contributed by atoms with E-state index in [9.17, 15) is 4.79 Å². The van der Waals surface area contributed by atoms with Crippen molar-refractivity contribution < 1.29 is 4.79 Å². The molecule has 0 saturated heterocycles. The van der Waals surface area contributed by atoms with E-state index in [2.05, 4.69) is 72.1 Å². The molecule has 1 aromatic heterocycles. The van der Waals surface area contributed by atoms with Crippen LogP contribution in [0.25, 0.3) is 0 Å². The largest absolute Gasteiger partial charge is 0.356 e. The number of thiophene rings is 1. The molecule has 1 amide bonds.